The summed E-state index contributed by atoms with van der Waals surface area (Å²) in [5, 5.41) is 10.9. The normalized spacial score (nSPS) is 14.5. The van der Waals surface area contributed by atoms with Gasteiger partial charge in [0.25, 0.3) is 11.6 Å². The molecular formula is C25H19FN2O5S2. The highest BCUT2D eigenvalue weighted by Crippen LogP contribution is 2.38. The van der Waals surface area contributed by atoms with Crippen LogP contribution in [0.2, 0.25) is 0 Å². The summed E-state index contributed by atoms with van der Waals surface area (Å²) in [6, 6.07) is 17.2. The summed E-state index contributed by atoms with van der Waals surface area (Å²) in [7, 11) is 0. The van der Waals surface area contributed by atoms with Crippen molar-refractivity contribution in [3.63, 3.8) is 0 Å². The smallest absolute Gasteiger partial charge is 0.270 e. The van der Waals surface area contributed by atoms with Crippen molar-refractivity contribution in [3.8, 4) is 11.5 Å². The lowest BCUT2D eigenvalue weighted by atomic mass is 10.1. The molecule has 0 aliphatic carbocycles. The Morgan fingerprint density at radius 3 is 2.51 bits per heavy atom. The fourth-order valence-electron chi connectivity index (χ4n) is 3.34. The van der Waals surface area contributed by atoms with Crippen LogP contribution in [-0.4, -0.2) is 21.8 Å². The van der Waals surface area contributed by atoms with Crippen molar-refractivity contribution in [1.29, 1.82) is 0 Å². The van der Waals surface area contributed by atoms with Crippen molar-refractivity contribution in [3.05, 3.63) is 98.7 Å². The van der Waals surface area contributed by atoms with Gasteiger partial charge in [0.2, 0.25) is 0 Å². The molecule has 0 bridgehead atoms. The maximum atomic E-state index is 13.9. The number of nitro groups is 1. The summed E-state index contributed by atoms with van der Waals surface area (Å²) in [6.45, 7) is 2.27. The van der Waals surface area contributed by atoms with Gasteiger partial charge in [-0.25, -0.2) is 4.39 Å². The second kappa shape index (κ2) is 10.7. The molecule has 1 amide bonds. The van der Waals surface area contributed by atoms with Crippen molar-refractivity contribution < 1.29 is 23.6 Å². The summed E-state index contributed by atoms with van der Waals surface area (Å²) < 4.78 is 25.7. The molecule has 0 radical (unpaired) electrons. The highest BCUT2D eigenvalue weighted by atomic mass is 32.2. The summed E-state index contributed by atoms with van der Waals surface area (Å²) in [5.74, 6) is 0.234. The largest absolute Gasteiger partial charge is 0.490 e. The van der Waals surface area contributed by atoms with Gasteiger partial charge < -0.3 is 9.47 Å². The predicted octanol–water partition coefficient (Wildman–Crippen LogP) is 6.12. The van der Waals surface area contributed by atoms with Crippen LogP contribution in [0, 0.1) is 15.9 Å². The topological polar surface area (TPSA) is 81.9 Å². The second-order valence-electron chi connectivity index (χ2n) is 7.31. The molecule has 0 atom stereocenters. The van der Waals surface area contributed by atoms with E-state index in [0.29, 0.717) is 44.1 Å². The van der Waals surface area contributed by atoms with Crippen molar-refractivity contribution in [2.24, 2.45) is 0 Å². The Balaban J connectivity index is 1.55. The SMILES string of the molecule is CCOc1cc(/C=C2/SC(=S)N(c3ccc([N+](=O)[O-])cc3)C2=O)ccc1OCc1ccccc1F. The molecule has 0 aromatic heterocycles. The molecule has 4 rings (SSSR count). The molecule has 1 fully saturated rings. The summed E-state index contributed by atoms with van der Waals surface area (Å²) in [5.41, 5.74) is 1.49. The van der Waals surface area contributed by atoms with E-state index < -0.39 is 4.92 Å². The van der Waals surface area contributed by atoms with E-state index in [4.69, 9.17) is 21.7 Å². The Bertz CT molecular complexity index is 1330. The van der Waals surface area contributed by atoms with Crippen molar-refractivity contribution >= 4 is 51.7 Å². The fraction of sp³-hybridized carbons (Fsp3) is 0.120. The first-order chi connectivity index (χ1) is 16.9. The highest BCUT2D eigenvalue weighted by Gasteiger charge is 2.33. The van der Waals surface area contributed by atoms with Crippen LogP contribution in [0.15, 0.2) is 71.6 Å². The molecule has 0 saturated carbocycles. The monoisotopic (exact) mass is 510 g/mol. The third-order valence-corrected chi connectivity index (χ3v) is 6.32. The number of ether oxygens (including phenoxy) is 2. The zero-order valence-electron chi connectivity index (χ0n) is 18.5. The summed E-state index contributed by atoms with van der Waals surface area (Å²) in [4.78, 5) is 25.2. The van der Waals surface area contributed by atoms with E-state index >= 15 is 0 Å². The number of nitro benzene ring substituents is 1. The number of hydrogen-bond donors (Lipinski definition) is 0. The van der Waals surface area contributed by atoms with Crippen LogP contribution in [0.25, 0.3) is 6.08 Å². The summed E-state index contributed by atoms with van der Waals surface area (Å²) >= 11 is 6.51. The Labute approximate surface area is 210 Å². The Morgan fingerprint density at radius 1 is 1.09 bits per heavy atom. The maximum Gasteiger partial charge on any atom is 0.270 e. The molecule has 1 heterocycles. The van der Waals surface area contributed by atoms with Crippen molar-refractivity contribution in [1.82, 2.24) is 0 Å². The van der Waals surface area contributed by atoms with E-state index in [2.05, 4.69) is 0 Å². The van der Waals surface area contributed by atoms with Gasteiger partial charge in [-0.3, -0.25) is 19.8 Å². The molecular weight excluding hydrogens is 491 g/mol. The zero-order chi connectivity index (χ0) is 24.9. The average molecular weight is 511 g/mol. The maximum absolute atomic E-state index is 13.9. The molecule has 0 N–H and O–H groups in total. The van der Waals surface area contributed by atoms with Crippen molar-refractivity contribution in [2.45, 2.75) is 13.5 Å². The van der Waals surface area contributed by atoms with Crippen LogP contribution in [-0.2, 0) is 11.4 Å². The molecule has 10 heteroatoms. The molecule has 35 heavy (non-hydrogen) atoms. The van der Waals surface area contributed by atoms with E-state index in [-0.39, 0.29) is 24.0 Å². The molecule has 7 nitrogen and oxygen atoms in total. The van der Waals surface area contributed by atoms with E-state index in [0.717, 1.165) is 11.8 Å². The molecule has 1 aliphatic heterocycles. The number of amides is 1. The van der Waals surface area contributed by atoms with Crippen LogP contribution in [0.1, 0.15) is 18.1 Å². The van der Waals surface area contributed by atoms with Gasteiger partial charge in [-0.2, -0.15) is 0 Å². The van der Waals surface area contributed by atoms with E-state index in [1.165, 1.54) is 35.2 Å². The van der Waals surface area contributed by atoms with Gasteiger partial charge >= 0.3 is 0 Å². The van der Waals surface area contributed by atoms with Gasteiger partial charge in [0.15, 0.2) is 15.8 Å². The van der Waals surface area contributed by atoms with Crippen LogP contribution >= 0.6 is 24.0 Å². The number of carbonyl (C=O) groups excluding carboxylic acids is 1. The van der Waals surface area contributed by atoms with Gasteiger partial charge in [0, 0.05) is 17.7 Å². The molecule has 0 unspecified atom stereocenters. The number of thioether (sulfide) groups is 1. The minimum atomic E-state index is -0.506. The Hall–Kier alpha value is -3.76. The van der Waals surface area contributed by atoms with E-state index in [9.17, 15) is 19.3 Å². The van der Waals surface area contributed by atoms with Gasteiger partial charge in [-0.15, -0.1) is 0 Å². The van der Waals surface area contributed by atoms with Crippen molar-refractivity contribution in [2.75, 3.05) is 11.5 Å². The third kappa shape index (κ3) is 5.50. The standard InChI is InChI=1S/C25H19FN2O5S2/c1-2-32-22-13-16(7-12-21(22)33-15-17-5-3-4-6-20(17)26)14-23-24(29)27(25(34)35-23)18-8-10-19(11-9-18)28(30)31/h3-14H,2,15H2,1H3/b23-14+. The Kier molecular flexibility index (Phi) is 7.42. The van der Waals surface area contributed by atoms with E-state index in [1.54, 1.807) is 42.5 Å². The average Bonchev–Trinajstić information content (AvgIpc) is 3.12. The van der Waals surface area contributed by atoms with Gasteiger partial charge in [0.05, 0.1) is 22.1 Å². The number of halogens is 1. The molecule has 3 aromatic carbocycles. The van der Waals surface area contributed by atoms with E-state index in [1.807, 2.05) is 6.92 Å². The second-order valence-corrected chi connectivity index (χ2v) is 8.99. The number of benzene rings is 3. The van der Waals surface area contributed by atoms with Crippen LogP contribution in [0.5, 0.6) is 11.5 Å². The van der Waals surface area contributed by atoms with Crippen LogP contribution in [0.3, 0.4) is 0 Å². The molecule has 0 spiro atoms. The first-order valence-corrected chi connectivity index (χ1v) is 11.8. The lowest BCUT2D eigenvalue weighted by molar-refractivity contribution is -0.384. The number of rotatable bonds is 8. The molecule has 1 saturated heterocycles. The number of carbonyl (C=O) groups is 1. The molecule has 1 aliphatic rings. The lowest BCUT2D eigenvalue weighted by Crippen LogP contribution is -2.27. The third-order valence-electron chi connectivity index (χ3n) is 5.02. The minimum Gasteiger partial charge on any atom is -0.490 e. The van der Waals surface area contributed by atoms with Crippen LogP contribution in [0.4, 0.5) is 15.8 Å². The predicted molar refractivity (Wildman–Crippen MR) is 137 cm³/mol. The number of nitrogens with zero attached hydrogens (tertiary/aromatic N) is 2. The number of non-ortho nitro benzene ring substituents is 1. The first-order valence-electron chi connectivity index (χ1n) is 10.5. The zero-order valence-corrected chi connectivity index (χ0v) is 20.1. The van der Waals surface area contributed by atoms with Crippen LogP contribution < -0.4 is 14.4 Å². The summed E-state index contributed by atoms with van der Waals surface area (Å²) in [6.07, 6.45) is 1.69. The quantitative estimate of drug-likeness (QED) is 0.156. The first kappa shape index (κ1) is 24.4. The highest BCUT2D eigenvalue weighted by molar-refractivity contribution is 8.27. The minimum absolute atomic E-state index is 0.0417. The fourth-order valence-corrected chi connectivity index (χ4v) is 4.64. The van der Waals surface area contributed by atoms with Gasteiger partial charge in [-0.1, -0.05) is 48.2 Å². The molecule has 178 valence electrons. The van der Waals surface area contributed by atoms with Gasteiger partial charge in [-0.05, 0) is 48.9 Å². The molecule has 3 aromatic rings. The number of hydrogen-bond acceptors (Lipinski definition) is 7. The number of anilines is 1. The Morgan fingerprint density at radius 2 is 1.83 bits per heavy atom. The lowest BCUT2D eigenvalue weighted by Gasteiger charge is -2.14. The number of thiocarbonyl (C=S) groups is 1. The van der Waals surface area contributed by atoms with Gasteiger partial charge in [0.1, 0.15) is 12.4 Å².